The molecule has 176 valence electrons. The van der Waals surface area contributed by atoms with Gasteiger partial charge in [-0.1, -0.05) is 27.7 Å². The molecule has 2 aliphatic rings. The molecule has 9 heteroatoms. The Bertz CT molecular complexity index is 691. The second kappa shape index (κ2) is 10.5. The summed E-state index contributed by atoms with van der Waals surface area (Å²) in [6, 6.07) is -1.91. The molecule has 1 N–H and O–H groups in total. The lowest BCUT2D eigenvalue weighted by molar-refractivity contribution is -0.200. The van der Waals surface area contributed by atoms with Crippen LogP contribution in [0.1, 0.15) is 59.8 Å². The van der Waals surface area contributed by atoms with Gasteiger partial charge in [0.25, 0.3) is 5.91 Å². The summed E-state index contributed by atoms with van der Waals surface area (Å²) in [6.45, 7) is 7.66. The molecule has 31 heavy (non-hydrogen) atoms. The number of piperazine rings is 1. The minimum Gasteiger partial charge on any atom is -0.355 e. The third-order valence-corrected chi connectivity index (χ3v) is 6.55. The first-order chi connectivity index (χ1) is 14.6. The van der Waals surface area contributed by atoms with Crippen molar-refractivity contribution in [1.29, 1.82) is 0 Å². The molecule has 0 aromatic heterocycles. The molecule has 9 nitrogen and oxygen atoms in total. The predicted molar refractivity (Wildman–Crippen MR) is 114 cm³/mol. The number of Topliss-reactive ketones (excluding diaryl/α,β-unsaturated/α-hetero) is 1. The summed E-state index contributed by atoms with van der Waals surface area (Å²) in [5, 5.41) is 2.79. The molecule has 2 heterocycles. The van der Waals surface area contributed by atoms with Crippen molar-refractivity contribution in [1.82, 2.24) is 15.1 Å². The second-order valence-electron chi connectivity index (χ2n) is 8.94. The van der Waals surface area contributed by atoms with Crippen LogP contribution in [0.5, 0.6) is 0 Å². The lowest BCUT2D eigenvalue weighted by Crippen LogP contribution is -2.74. The summed E-state index contributed by atoms with van der Waals surface area (Å²) in [5.41, 5.74) is -0.816. The number of hydrogen-bond donors (Lipinski definition) is 1. The number of ether oxygens (including phenoxy) is 2. The van der Waals surface area contributed by atoms with Gasteiger partial charge >= 0.3 is 0 Å². The number of hydrogen-bond acceptors (Lipinski definition) is 6. The van der Waals surface area contributed by atoms with Gasteiger partial charge < -0.3 is 24.6 Å². The Balaban J connectivity index is 2.43. The van der Waals surface area contributed by atoms with Crippen molar-refractivity contribution in [2.75, 3.05) is 27.3 Å². The molecule has 2 fully saturated rings. The van der Waals surface area contributed by atoms with Crippen LogP contribution in [-0.4, -0.2) is 85.0 Å². The van der Waals surface area contributed by atoms with E-state index in [1.54, 1.807) is 13.8 Å². The third kappa shape index (κ3) is 5.09. The number of methoxy groups -OCH3 is 2. The number of piperidine rings is 1. The molecule has 0 aromatic rings. The molecule has 0 aliphatic carbocycles. The van der Waals surface area contributed by atoms with E-state index in [-0.39, 0.29) is 18.4 Å². The highest BCUT2D eigenvalue weighted by atomic mass is 16.7. The van der Waals surface area contributed by atoms with E-state index in [1.165, 1.54) is 24.0 Å². The Morgan fingerprint density at radius 2 is 1.81 bits per heavy atom. The van der Waals surface area contributed by atoms with Gasteiger partial charge in [-0.25, -0.2) is 0 Å². The molecular formula is C22H37N3O6. The summed E-state index contributed by atoms with van der Waals surface area (Å²) in [7, 11) is 2.92. The van der Waals surface area contributed by atoms with Gasteiger partial charge in [-0.15, -0.1) is 0 Å². The van der Waals surface area contributed by atoms with E-state index in [0.29, 0.717) is 25.8 Å². The largest absolute Gasteiger partial charge is 0.355 e. The SMILES string of the molecule is CCCNC(=O)CN1C(=O)C2CCCC(C1C(OC)OC)N2C(=O)C(=O)C(C)(C)CC. The molecular weight excluding hydrogens is 402 g/mol. The minimum absolute atomic E-state index is 0.143. The number of carbonyl (C=O) groups excluding carboxylic acids is 4. The van der Waals surface area contributed by atoms with Crippen LogP contribution >= 0.6 is 0 Å². The van der Waals surface area contributed by atoms with Crippen LogP contribution in [0.4, 0.5) is 0 Å². The zero-order chi connectivity index (χ0) is 23.3. The number of nitrogens with one attached hydrogen (secondary N) is 1. The Hall–Kier alpha value is -2.00. The van der Waals surface area contributed by atoms with Crippen LogP contribution in [0.15, 0.2) is 0 Å². The van der Waals surface area contributed by atoms with Crippen molar-refractivity contribution in [3.63, 3.8) is 0 Å². The Labute approximate surface area is 184 Å². The van der Waals surface area contributed by atoms with Crippen LogP contribution in [0.25, 0.3) is 0 Å². The highest BCUT2D eigenvalue weighted by Crippen LogP contribution is 2.37. The molecule has 3 amide bonds. The van der Waals surface area contributed by atoms with E-state index in [2.05, 4.69) is 5.32 Å². The average Bonchev–Trinajstić information content (AvgIpc) is 2.77. The van der Waals surface area contributed by atoms with Crippen LogP contribution in [0, 0.1) is 5.41 Å². The van der Waals surface area contributed by atoms with Crippen LogP contribution in [0.3, 0.4) is 0 Å². The van der Waals surface area contributed by atoms with Gasteiger partial charge in [0.2, 0.25) is 17.6 Å². The summed E-state index contributed by atoms with van der Waals surface area (Å²) >= 11 is 0. The van der Waals surface area contributed by atoms with Crippen molar-refractivity contribution >= 4 is 23.5 Å². The molecule has 0 radical (unpaired) electrons. The molecule has 3 unspecified atom stereocenters. The van der Waals surface area contributed by atoms with Crippen molar-refractivity contribution in [2.24, 2.45) is 5.41 Å². The van der Waals surface area contributed by atoms with Crippen molar-refractivity contribution in [3.05, 3.63) is 0 Å². The summed E-state index contributed by atoms with van der Waals surface area (Å²) in [6.07, 6.45) is 2.26. The molecule has 2 aliphatic heterocycles. The Morgan fingerprint density at radius 3 is 2.35 bits per heavy atom. The number of carbonyl (C=O) groups is 4. The third-order valence-electron chi connectivity index (χ3n) is 6.55. The number of nitrogens with zero attached hydrogens (tertiary/aromatic N) is 2. The van der Waals surface area contributed by atoms with E-state index < -0.39 is 41.5 Å². The maximum atomic E-state index is 13.5. The van der Waals surface area contributed by atoms with Gasteiger partial charge in [-0.05, 0) is 32.1 Å². The number of ketones is 1. The normalized spacial score (nSPS) is 23.8. The van der Waals surface area contributed by atoms with Crippen molar-refractivity contribution < 1.29 is 28.7 Å². The fourth-order valence-electron chi connectivity index (χ4n) is 4.37. The molecule has 2 rings (SSSR count). The lowest BCUT2D eigenvalue weighted by atomic mass is 9.80. The van der Waals surface area contributed by atoms with Gasteiger partial charge in [0, 0.05) is 26.2 Å². The summed E-state index contributed by atoms with van der Waals surface area (Å²) in [4.78, 5) is 55.2. The van der Waals surface area contributed by atoms with Gasteiger partial charge in [-0.3, -0.25) is 19.2 Å². The van der Waals surface area contributed by atoms with Crippen molar-refractivity contribution in [2.45, 2.75) is 84.2 Å². The zero-order valence-electron chi connectivity index (χ0n) is 19.6. The second-order valence-corrected chi connectivity index (χ2v) is 8.94. The first kappa shape index (κ1) is 25.3. The number of fused-ring (bicyclic) bond motifs is 2. The van der Waals surface area contributed by atoms with Crippen molar-refractivity contribution in [3.8, 4) is 0 Å². The maximum absolute atomic E-state index is 13.5. The van der Waals surface area contributed by atoms with E-state index in [0.717, 1.165) is 12.8 Å². The zero-order valence-corrected chi connectivity index (χ0v) is 19.6. The van der Waals surface area contributed by atoms with E-state index in [1.807, 2.05) is 13.8 Å². The topological polar surface area (TPSA) is 105 Å². The highest BCUT2D eigenvalue weighted by Gasteiger charge is 2.55. The first-order valence-corrected chi connectivity index (χ1v) is 11.1. The number of rotatable bonds is 10. The van der Waals surface area contributed by atoms with Gasteiger partial charge in [0.15, 0.2) is 6.29 Å². The minimum atomic E-state index is -0.837. The monoisotopic (exact) mass is 439 g/mol. The quantitative estimate of drug-likeness (QED) is 0.404. The average molecular weight is 440 g/mol. The summed E-state index contributed by atoms with van der Waals surface area (Å²) < 4.78 is 11.0. The lowest BCUT2D eigenvalue weighted by Gasteiger charge is -2.54. The fraction of sp³-hybridized carbons (Fsp3) is 0.818. The standard InChI is InChI=1S/C22H37N3O6/c1-7-12-23-16(26)13-24-17(21(30-5)31-6)14-10-9-11-15(19(24)28)25(14)20(29)18(27)22(3,4)8-2/h14-15,17,21H,7-13H2,1-6H3,(H,23,26). The molecule has 0 saturated carbocycles. The van der Waals surface area contributed by atoms with Gasteiger partial charge in [0.1, 0.15) is 18.6 Å². The van der Waals surface area contributed by atoms with Gasteiger partial charge in [0.05, 0.1) is 6.04 Å². The summed E-state index contributed by atoms with van der Waals surface area (Å²) in [5.74, 6) is -1.76. The fourth-order valence-corrected chi connectivity index (χ4v) is 4.37. The molecule has 0 aromatic carbocycles. The number of amides is 3. The molecule has 0 spiro atoms. The van der Waals surface area contributed by atoms with E-state index in [4.69, 9.17) is 9.47 Å². The molecule has 3 atom stereocenters. The smallest absolute Gasteiger partial charge is 0.291 e. The number of likely N-dealkylation sites (tertiary alicyclic amines) is 1. The maximum Gasteiger partial charge on any atom is 0.291 e. The molecule has 2 bridgehead atoms. The van der Waals surface area contributed by atoms with Crippen LogP contribution in [0.2, 0.25) is 0 Å². The Kier molecular flexibility index (Phi) is 8.59. The highest BCUT2D eigenvalue weighted by molar-refractivity contribution is 6.38. The van der Waals surface area contributed by atoms with E-state index >= 15 is 0 Å². The predicted octanol–water partition coefficient (Wildman–Crippen LogP) is 1.10. The van der Waals surface area contributed by atoms with Crippen LogP contribution < -0.4 is 5.32 Å². The van der Waals surface area contributed by atoms with E-state index in [9.17, 15) is 19.2 Å². The first-order valence-electron chi connectivity index (χ1n) is 11.1. The van der Waals surface area contributed by atoms with Crippen LogP contribution in [-0.2, 0) is 28.7 Å². The van der Waals surface area contributed by atoms with Gasteiger partial charge in [-0.2, -0.15) is 0 Å². The Morgan fingerprint density at radius 1 is 1.16 bits per heavy atom. The molecule has 2 saturated heterocycles.